The average molecular weight is 402 g/mol. The number of nitrogens with two attached hydrogens (primary N) is 1. The van der Waals surface area contributed by atoms with Crippen LogP contribution in [-0.2, 0) is 4.79 Å². The van der Waals surface area contributed by atoms with E-state index < -0.39 is 17.9 Å². The molecular formula is C25H26N2O3. The van der Waals surface area contributed by atoms with Gasteiger partial charge < -0.3 is 16.2 Å². The third-order valence-electron chi connectivity index (χ3n) is 5.07. The van der Waals surface area contributed by atoms with Crippen LogP contribution in [0.3, 0.4) is 0 Å². The highest BCUT2D eigenvalue weighted by Crippen LogP contribution is 2.31. The second-order valence-electron chi connectivity index (χ2n) is 7.17. The molecule has 154 valence electrons. The van der Waals surface area contributed by atoms with Gasteiger partial charge in [-0.05, 0) is 48.2 Å². The van der Waals surface area contributed by atoms with E-state index >= 15 is 0 Å². The number of rotatable bonds is 9. The number of benzene rings is 3. The number of carbonyl (C=O) groups is 2. The molecule has 0 fully saturated rings. The van der Waals surface area contributed by atoms with Gasteiger partial charge in [0.25, 0.3) is 5.91 Å². The van der Waals surface area contributed by atoms with Crippen LogP contribution in [0.25, 0.3) is 0 Å². The van der Waals surface area contributed by atoms with Crippen molar-refractivity contribution < 1.29 is 14.7 Å². The summed E-state index contributed by atoms with van der Waals surface area (Å²) in [5, 5.41) is 11.9. The summed E-state index contributed by atoms with van der Waals surface area (Å²) < 4.78 is 0. The van der Waals surface area contributed by atoms with Gasteiger partial charge in [-0.3, -0.25) is 4.79 Å². The Labute approximate surface area is 176 Å². The molecule has 0 bridgehead atoms. The number of aliphatic carboxylic acids is 1. The Morgan fingerprint density at radius 1 is 0.800 bits per heavy atom. The van der Waals surface area contributed by atoms with Crippen LogP contribution < -0.4 is 11.1 Å². The van der Waals surface area contributed by atoms with E-state index in [9.17, 15) is 14.7 Å². The van der Waals surface area contributed by atoms with E-state index in [4.69, 9.17) is 5.73 Å². The highest BCUT2D eigenvalue weighted by Gasteiger charge is 2.21. The minimum Gasteiger partial charge on any atom is -0.480 e. The molecule has 3 aromatic carbocycles. The SMILES string of the molecule is NCCCC(NC(=O)c1ccc(C(c2ccccc2)c2ccccc2)cc1)C(=O)O. The summed E-state index contributed by atoms with van der Waals surface area (Å²) in [5.74, 6) is -1.41. The van der Waals surface area contributed by atoms with Crippen LogP contribution >= 0.6 is 0 Å². The molecule has 1 unspecified atom stereocenters. The van der Waals surface area contributed by atoms with Crippen molar-refractivity contribution in [3.05, 3.63) is 107 Å². The molecule has 0 aromatic heterocycles. The average Bonchev–Trinajstić information content (AvgIpc) is 2.78. The van der Waals surface area contributed by atoms with E-state index in [1.54, 1.807) is 12.1 Å². The molecule has 0 radical (unpaired) electrons. The summed E-state index contributed by atoms with van der Waals surface area (Å²) in [5.41, 5.74) is 9.26. The number of hydrogen-bond acceptors (Lipinski definition) is 3. The molecule has 1 amide bonds. The summed E-state index contributed by atoms with van der Waals surface area (Å²) in [6, 6.07) is 26.8. The maximum atomic E-state index is 12.5. The van der Waals surface area contributed by atoms with Gasteiger partial charge in [0, 0.05) is 11.5 Å². The van der Waals surface area contributed by atoms with Gasteiger partial charge in [-0.25, -0.2) is 4.79 Å². The molecule has 0 aliphatic rings. The number of carbonyl (C=O) groups excluding carboxylic acids is 1. The highest BCUT2D eigenvalue weighted by molar-refractivity contribution is 5.96. The molecule has 3 aromatic rings. The minimum atomic E-state index is -1.05. The Balaban J connectivity index is 1.83. The number of carboxylic acid groups (broad SMARTS) is 1. The first-order chi connectivity index (χ1) is 14.6. The van der Waals surface area contributed by atoms with Crippen molar-refractivity contribution >= 4 is 11.9 Å². The first-order valence-electron chi connectivity index (χ1n) is 10.0. The van der Waals surface area contributed by atoms with Crippen molar-refractivity contribution in [2.45, 2.75) is 24.8 Å². The highest BCUT2D eigenvalue weighted by atomic mass is 16.4. The number of hydrogen-bond donors (Lipinski definition) is 3. The molecule has 0 heterocycles. The standard InChI is InChI=1S/C25H26N2O3/c26-17-7-12-22(25(29)30)27-24(28)21-15-13-20(14-16-21)23(18-8-3-1-4-9-18)19-10-5-2-6-11-19/h1-6,8-11,13-16,22-23H,7,12,17,26H2,(H,27,28)(H,29,30). The lowest BCUT2D eigenvalue weighted by atomic mass is 9.85. The van der Waals surface area contributed by atoms with Crippen LogP contribution in [0.4, 0.5) is 0 Å². The van der Waals surface area contributed by atoms with Gasteiger partial charge in [0.05, 0.1) is 0 Å². The largest absolute Gasteiger partial charge is 0.480 e. The predicted octanol–water partition coefficient (Wildman–Crippen LogP) is 3.79. The van der Waals surface area contributed by atoms with Crippen molar-refractivity contribution in [3.63, 3.8) is 0 Å². The van der Waals surface area contributed by atoms with Crippen LogP contribution in [0.15, 0.2) is 84.9 Å². The molecule has 5 nitrogen and oxygen atoms in total. The zero-order chi connectivity index (χ0) is 21.3. The van der Waals surface area contributed by atoms with Gasteiger partial charge in [0.2, 0.25) is 0 Å². The van der Waals surface area contributed by atoms with E-state index in [1.165, 1.54) is 0 Å². The van der Waals surface area contributed by atoms with E-state index in [2.05, 4.69) is 29.6 Å². The van der Waals surface area contributed by atoms with Gasteiger partial charge in [-0.1, -0.05) is 72.8 Å². The fourth-order valence-corrected chi connectivity index (χ4v) is 3.52. The molecule has 3 rings (SSSR count). The van der Waals surface area contributed by atoms with Crippen molar-refractivity contribution in [1.82, 2.24) is 5.32 Å². The lowest BCUT2D eigenvalue weighted by Gasteiger charge is -2.19. The van der Waals surface area contributed by atoms with Crippen molar-refractivity contribution in [3.8, 4) is 0 Å². The molecule has 0 aliphatic carbocycles. The van der Waals surface area contributed by atoms with Gasteiger partial charge in [0.15, 0.2) is 0 Å². The van der Waals surface area contributed by atoms with Gasteiger partial charge in [-0.15, -0.1) is 0 Å². The van der Waals surface area contributed by atoms with Crippen molar-refractivity contribution in [2.75, 3.05) is 6.54 Å². The minimum absolute atomic E-state index is 0.0424. The van der Waals surface area contributed by atoms with Gasteiger partial charge >= 0.3 is 5.97 Å². The Morgan fingerprint density at radius 3 is 1.77 bits per heavy atom. The van der Waals surface area contributed by atoms with Crippen molar-refractivity contribution in [2.24, 2.45) is 5.73 Å². The van der Waals surface area contributed by atoms with E-state index in [0.717, 1.165) is 16.7 Å². The molecular weight excluding hydrogens is 376 g/mol. The zero-order valence-electron chi connectivity index (χ0n) is 16.7. The molecule has 4 N–H and O–H groups in total. The summed E-state index contributed by atoms with van der Waals surface area (Å²) in [6.45, 7) is 0.384. The topological polar surface area (TPSA) is 92.4 Å². The van der Waals surface area contributed by atoms with Crippen molar-refractivity contribution in [1.29, 1.82) is 0 Å². The Morgan fingerprint density at radius 2 is 1.30 bits per heavy atom. The molecule has 0 spiro atoms. The molecule has 5 heteroatoms. The summed E-state index contributed by atoms with van der Waals surface area (Å²) in [4.78, 5) is 23.9. The lowest BCUT2D eigenvalue weighted by Crippen LogP contribution is -2.41. The first kappa shape index (κ1) is 21.3. The van der Waals surface area contributed by atoms with Crippen LogP contribution in [-0.4, -0.2) is 29.6 Å². The number of amides is 1. The quantitative estimate of drug-likeness (QED) is 0.475. The normalized spacial score (nSPS) is 11.8. The smallest absolute Gasteiger partial charge is 0.326 e. The fourth-order valence-electron chi connectivity index (χ4n) is 3.52. The monoisotopic (exact) mass is 402 g/mol. The first-order valence-corrected chi connectivity index (χ1v) is 10.0. The fraction of sp³-hybridized carbons (Fsp3) is 0.200. The number of nitrogens with one attached hydrogen (secondary N) is 1. The van der Waals surface area contributed by atoms with Crippen LogP contribution in [0, 0.1) is 0 Å². The number of carboxylic acids is 1. The lowest BCUT2D eigenvalue weighted by molar-refractivity contribution is -0.139. The van der Waals surface area contributed by atoms with Crippen LogP contribution in [0.2, 0.25) is 0 Å². The van der Waals surface area contributed by atoms with E-state index in [1.807, 2.05) is 48.5 Å². The van der Waals surface area contributed by atoms with E-state index in [-0.39, 0.29) is 5.92 Å². The van der Waals surface area contributed by atoms with Gasteiger partial charge in [0.1, 0.15) is 6.04 Å². The second kappa shape index (κ2) is 10.4. The predicted molar refractivity (Wildman–Crippen MR) is 117 cm³/mol. The maximum absolute atomic E-state index is 12.5. The van der Waals surface area contributed by atoms with E-state index in [0.29, 0.717) is 24.9 Å². The van der Waals surface area contributed by atoms with Gasteiger partial charge in [-0.2, -0.15) is 0 Å². The maximum Gasteiger partial charge on any atom is 0.326 e. The third-order valence-corrected chi connectivity index (χ3v) is 5.07. The summed E-state index contributed by atoms with van der Waals surface area (Å²) in [7, 11) is 0. The Kier molecular flexibility index (Phi) is 7.35. The molecule has 0 saturated carbocycles. The Hall–Kier alpha value is -3.44. The molecule has 30 heavy (non-hydrogen) atoms. The second-order valence-corrected chi connectivity index (χ2v) is 7.17. The summed E-state index contributed by atoms with van der Waals surface area (Å²) in [6.07, 6.45) is 0.839. The molecule has 0 aliphatic heterocycles. The summed E-state index contributed by atoms with van der Waals surface area (Å²) >= 11 is 0. The third kappa shape index (κ3) is 5.33. The van der Waals surface area contributed by atoms with Crippen LogP contribution in [0.5, 0.6) is 0 Å². The molecule has 0 saturated heterocycles. The van der Waals surface area contributed by atoms with Crippen LogP contribution in [0.1, 0.15) is 45.8 Å². The Bertz CT molecular complexity index is 917. The molecule has 1 atom stereocenters. The zero-order valence-corrected chi connectivity index (χ0v) is 16.7.